The molecule has 1 fully saturated rings. The highest BCUT2D eigenvalue weighted by molar-refractivity contribution is 5.78. The second-order valence-electron chi connectivity index (χ2n) is 4.24. The molecule has 0 aromatic carbocycles. The van der Waals surface area contributed by atoms with Crippen molar-refractivity contribution < 1.29 is 19.4 Å². The lowest BCUT2D eigenvalue weighted by Crippen LogP contribution is -2.38. The number of piperidine rings is 1. The van der Waals surface area contributed by atoms with Gasteiger partial charge in [-0.3, -0.25) is 4.79 Å². The number of ether oxygens (including phenoxy) is 1. The molecule has 1 aliphatic heterocycles. The Kier molecular flexibility index (Phi) is 5.93. The Morgan fingerprint density at radius 1 is 1.47 bits per heavy atom. The number of esters is 1. The summed E-state index contributed by atoms with van der Waals surface area (Å²) < 4.78 is 4.35. The Bertz CT molecular complexity index is 264. The highest BCUT2D eigenvalue weighted by atomic mass is 16.5. The molecule has 0 bridgehead atoms. The van der Waals surface area contributed by atoms with E-state index in [4.69, 9.17) is 0 Å². The first-order valence-electron chi connectivity index (χ1n) is 5.86. The number of carbonyl (C=O) groups excluding carboxylic acids is 2. The van der Waals surface area contributed by atoms with Crippen LogP contribution in [-0.4, -0.2) is 49.8 Å². The van der Waals surface area contributed by atoms with Crippen molar-refractivity contribution in [2.75, 3.05) is 26.7 Å². The standard InChI is InChI=1S/C11H20N2O4/c1-17-11(16)9(14)7-13-10(15)6-8-2-4-12-5-3-8/h8-9,12,14H,2-7H2,1H3,(H,13,15). The molecule has 1 atom stereocenters. The first kappa shape index (κ1) is 13.9. The molecule has 1 unspecified atom stereocenters. The number of hydrogen-bond donors (Lipinski definition) is 3. The molecular formula is C11H20N2O4. The number of methoxy groups -OCH3 is 1. The van der Waals surface area contributed by atoms with Gasteiger partial charge in [0.05, 0.1) is 13.7 Å². The zero-order valence-electron chi connectivity index (χ0n) is 10.1. The van der Waals surface area contributed by atoms with Gasteiger partial charge in [-0.2, -0.15) is 0 Å². The SMILES string of the molecule is COC(=O)C(O)CNC(=O)CC1CCNCC1. The normalized spacial score (nSPS) is 18.5. The monoisotopic (exact) mass is 244 g/mol. The van der Waals surface area contributed by atoms with Gasteiger partial charge in [0.1, 0.15) is 0 Å². The number of hydrogen-bond acceptors (Lipinski definition) is 5. The van der Waals surface area contributed by atoms with E-state index in [0.29, 0.717) is 12.3 Å². The maximum atomic E-state index is 11.5. The van der Waals surface area contributed by atoms with Crippen molar-refractivity contribution >= 4 is 11.9 Å². The lowest BCUT2D eigenvalue weighted by atomic mass is 9.94. The number of nitrogens with one attached hydrogen (secondary N) is 2. The van der Waals surface area contributed by atoms with E-state index < -0.39 is 12.1 Å². The molecule has 6 heteroatoms. The average Bonchev–Trinajstić information content (AvgIpc) is 2.36. The smallest absolute Gasteiger partial charge is 0.336 e. The molecule has 0 aromatic heterocycles. The van der Waals surface area contributed by atoms with Crippen LogP contribution in [0.2, 0.25) is 0 Å². The Labute approximate surface area is 101 Å². The third-order valence-electron chi connectivity index (χ3n) is 2.90. The summed E-state index contributed by atoms with van der Waals surface area (Å²) in [7, 11) is 1.20. The molecule has 1 rings (SSSR count). The van der Waals surface area contributed by atoms with Crippen molar-refractivity contribution in [1.82, 2.24) is 10.6 Å². The molecule has 1 heterocycles. The minimum atomic E-state index is -1.28. The molecule has 17 heavy (non-hydrogen) atoms. The van der Waals surface area contributed by atoms with Gasteiger partial charge in [0.25, 0.3) is 0 Å². The van der Waals surface area contributed by atoms with Gasteiger partial charge in [-0.05, 0) is 31.8 Å². The van der Waals surface area contributed by atoms with E-state index in [1.165, 1.54) is 7.11 Å². The predicted molar refractivity (Wildman–Crippen MR) is 61.2 cm³/mol. The molecule has 0 aromatic rings. The highest BCUT2D eigenvalue weighted by Crippen LogP contribution is 2.15. The van der Waals surface area contributed by atoms with Crippen LogP contribution in [0.1, 0.15) is 19.3 Å². The van der Waals surface area contributed by atoms with E-state index in [1.807, 2.05) is 0 Å². The summed E-state index contributed by atoms with van der Waals surface area (Å²) >= 11 is 0. The van der Waals surface area contributed by atoms with Crippen LogP contribution in [-0.2, 0) is 14.3 Å². The number of amides is 1. The summed E-state index contributed by atoms with van der Waals surface area (Å²) in [4.78, 5) is 22.4. The van der Waals surface area contributed by atoms with Crippen LogP contribution in [0.15, 0.2) is 0 Å². The zero-order valence-corrected chi connectivity index (χ0v) is 10.1. The van der Waals surface area contributed by atoms with Crippen LogP contribution < -0.4 is 10.6 Å². The van der Waals surface area contributed by atoms with E-state index in [9.17, 15) is 14.7 Å². The maximum absolute atomic E-state index is 11.5. The van der Waals surface area contributed by atoms with Crippen LogP contribution in [0, 0.1) is 5.92 Å². The zero-order chi connectivity index (χ0) is 12.7. The third-order valence-corrected chi connectivity index (χ3v) is 2.90. The number of carbonyl (C=O) groups is 2. The molecule has 0 spiro atoms. The first-order chi connectivity index (χ1) is 8.13. The summed E-state index contributed by atoms with van der Waals surface area (Å²) in [6.45, 7) is 1.81. The molecule has 3 N–H and O–H groups in total. The van der Waals surface area contributed by atoms with Crippen molar-refractivity contribution in [3.05, 3.63) is 0 Å². The Morgan fingerprint density at radius 2 is 2.12 bits per heavy atom. The molecule has 98 valence electrons. The molecule has 1 amide bonds. The van der Waals surface area contributed by atoms with Gasteiger partial charge in [-0.1, -0.05) is 0 Å². The minimum Gasteiger partial charge on any atom is -0.467 e. The number of rotatable bonds is 5. The fraction of sp³-hybridized carbons (Fsp3) is 0.818. The minimum absolute atomic E-state index is 0.0868. The Balaban J connectivity index is 2.18. The molecule has 1 saturated heterocycles. The van der Waals surface area contributed by atoms with Gasteiger partial charge in [0.15, 0.2) is 6.10 Å². The quantitative estimate of drug-likeness (QED) is 0.541. The second-order valence-corrected chi connectivity index (χ2v) is 4.24. The maximum Gasteiger partial charge on any atom is 0.336 e. The second kappa shape index (κ2) is 7.24. The van der Waals surface area contributed by atoms with Gasteiger partial charge < -0.3 is 20.5 Å². The van der Waals surface area contributed by atoms with Crippen molar-refractivity contribution in [3.63, 3.8) is 0 Å². The van der Waals surface area contributed by atoms with E-state index in [2.05, 4.69) is 15.4 Å². The highest BCUT2D eigenvalue weighted by Gasteiger charge is 2.19. The van der Waals surface area contributed by atoms with Crippen LogP contribution in [0.4, 0.5) is 0 Å². The van der Waals surface area contributed by atoms with E-state index >= 15 is 0 Å². The topological polar surface area (TPSA) is 87.7 Å². The first-order valence-corrected chi connectivity index (χ1v) is 5.86. The van der Waals surface area contributed by atoms with Crippen molar-refractivity contribution in [2.24, 2.45) is 5.92 Å². The lowest BCUT2D eigenvalue weighted by molar-refractivity contribution is -0.150. The predicted octanol–water partition coefficient (Wildman–Crippen LogP) is -0.974. The fourth-order valence-corrected chi connectivity index (χ4v) is 1.85. The third kappa shape index (κ3) is 5.14. The molecule has 0 aliphatic carbocycles. The molecule has 1 aliphatic rings. The summed E-state index contributed by atoms with van der Waals surface area (Å²) in [6.07, 6.45) is 1.16. The summed E-state index contributed by atoms with van der Waals surface area (Å²) in [5, 5.41) is 15.0. The van der Waals surface area contributed by atoms with E-state index in [0.717, 1.165) is 25.9 Å². The Morgan fingerprint density at radius 3 is 2.71 bits per heavy atom. The fourth-order valence-electron chi connectivity index (χ4n) is 1.85. The summed E-state index contributed by atoms with van der Waals surface area (Å²) in [6, 6.07) is 0. The van der Waals surface area contributed by atoms with Crippen molar-refractivity contribution in [1.29, 1.82) is 0 Å². The van der Waals surface area contributed by atoms with Gasteiger partial charge in [0.2, 0.25) is 5.91 Å². The molecule has 0 radical (unpaired) electrons. The van der Waals surface area contributed by atoms with Gasteiger partial charge in [-0.25, -0.2) is 4.79 Å². The summed E-state index contributed by atoms with van der Waals surface area (Å²) in [5.74, 6) is -0.460. The van der Waals surface area contributed by atoms with Gasteiger partial charge >= 0.3 is 5.97 Å². The Hall–Kier alpha value is -1.14. The lowest BCUT2D eigenvalue weighted by Gasteiger charge is -2.22. The number of aliphatic hydroxyl groups excluding tert-OH is 1. The van der Waals surface area contributed by atoms with Crippen molar-refractivity contribution in [3.8, 4) is 0 Å². The van der Waals surface area contributed by atoms with Crippen LogP contribution in [0.3, 0.4) is 0 Å². The van der Waals surface area contributed by atoms with Gasteiger partial charge in [0, 0.05) is 6.42 Å². The van der Waals surface area contributed by atoms with Crippen LogP contribution in [0.5, 0.6) is 0 Å². The van der Waals surface area contributed by atoms with Gasteiger partial charge in [-0.15, -0.1) is 0 Å². The van der Waals surface area contributed by atoms with Crippen molar-refractivity contribution in [2.45, 2.75) is 25.4 Å². The molecule has 6 nitrogen and oxygen atoms in total. The van der Waals surface area contributed by atoms with E-state index in [1.54, 1.807) is 0 Å². The number of aliphatic hydroxyl groups is 1. The average molecular weight is 244 g/mol. The largest absolute Gasteiger partial charge is 0.467 e. The van der Waals surface area contributed by atoms with Crippen LogP contribution in [0.25, 0.3) is 0 Å². The molecule has 0 saturated carbocycles. The van der Waals surface area contributed by atoms with Crippen LogP contribution >= 0.6 is 0 Å². The molecular weight excluding hydrogens is 224 g/mol. The van der Waals surface area contributed by atoms with E-state index in [-0.39, 0.29) is 12.5 Å². The summed E-state index contributed by atoms with van der Waals surface area (Å²) in [5.41, 5.74) is 0.